The van der Waals surface area contributed by atoms with Crippen molar-refractivity contribution < 1.29 is 22.2 Å². The Morgan fingerprint density at radius 3 is 2.19 bits per heavy atom. The summed E-state index contributed by atoms with van der Waals surface area (Å²) in [5, 5.41) is 1.05. The molecule has 3 aromatic heterocycles. The fourth-order valence-electron chi connectivity index (χ4n) is 4.06. The van der Waals surface area contributed by atoms with Gasteiger partial charge in [-0.05, 0) is 42.2 Å². The van der Waals surface area contributed by atoms with Gasteiger partial charge in [0.25, 0.3) is 10.1 Å². The van der Waals surface area contributed by atoms with Gasteiger partial charge < -0.3 is 9.80 Å². The average Bonchev–Trinajstić information content (AvgIpc) is 3.43. The van der Waals surface area contributed by atoms with E-state index in [0.29, 0.717) is 6.26 Å². The van der Waals surface area contributed by atoms with Crippen LogP contribution in [-0.2, 0) is 14.9 Å². The first-order valence-electron chi connectivity index (χ1n) is 11.5. The van der Waals surface area contributed by atoms with Crippen molar-refractivity contribution in [1.82, 2.24) is 14.9 Å². The van der Waals surface area contributed by atoms with Gasteiger partial charge in [0.05, 0.1) is 11.0 Å². The standard InChI is InChI=1S/C24H23FN4OS2.CH4O3S/c1-28(2)23(30)17-9-11-29(12-10-17)24-27-22-20(32-24)13-19(31-22)16-5-3-15(4-6-16)18-7-8-21(25)26-14-18;1-5(2,3)4/h3-8,13-14,17H,9-12H2,1-2H3;1H3,(H,2,3,4). The SMILES string of the molecule is CN(C)C(=O)C1CCN(c2nc3sc(-c4ccc(-c5ccc(F)nc5)cc4)cc3s2)CC1.CS(=O)(=O)O. The molecule has 0 aliphatic carbocycles. The first-order valence-corrected chi connectivity index (χ1v) is 15.0. The topological polar surface area (TPSA) is 104 Å². The number of anilines is 1. The molecule has 1 N–H and O–H groups in total. The van der Waals surface area contributed by atoms with Gasteiger partial charge >= 0.3 is 0 Å². The minimum atomic E-state index is -3.67. The zero-order valence-electron chi connectivity index (χ0n) is 20.6. The second kappa shape index (κ2) is 11.2. The second-order valence-electron chi connectivity index (χ2n) is 8.95. The molecule has 37 heavy (non-hydrogen) atoms. The molecule has 4 aromatic rings. The minimum Gasteiger partial charge on any atom is -0.349 e. The molecule has 4 heterocycles. The van der Waals surface area contributed by atoms with Crippen LogP contribution in [-0.4, -0.2) is 67.2 Å². The van der Waals surface area contributed by atoms with Crippen LogP contribution in [0.15, 0.2) is 48.7 Å². The predicted octanol–water partition coefficient (Wildman–Crippen LogP) is 5.03. The van der Waals surface area contributed by atoms with Crippen LogP contribution in [0.2, 0.25) is 0 Å². The van der Waals surface area contributed by atoms with Crippen LogP contribution >= 0.6 is 22.7 Å². The number of carbonyl (C=O) groups excluding carboxylic acids is 1. The van der Waals surface area contributed by atoms with Crippen molar-refractivity contribution in [2.75, 3.05) is 38.3 Å². The third-order valence-electron chi connectivity index (χ3n) is 5.86. The zero-order chi connectivity index (χ0) is 26.7. The van der Waals surface area contributed by atoms with E-state index in [0.717, 1.165) is 52.6 Å². The smallest absolute Gasteiger partial charge is 0.261 e. The van der Waals surface area contributed by atoms with Crippen LogP contribution in [0.5, 0.6) is 0 Å². The number of fused-ring (bicyclic) bond motifs is 1. The summed E-state index contributed by atoms with van der Waals surface area (Å²) in [6.45, 7) is 1.75. The van der Waals surface area contributed by atoms with Crippen LogP contribution in [0.1, 0.15) is 12.8 Å². The molecule has 196 valence electrons. The quantitative estimate of drug-likeness (QED) is 0.275. The highest BCUT2D eigenvalue weighted by Gasteiger charge is 2.27. The summed E-state index contributed by atoms with van der Waals surface area (Å²) in [7, 11) is -0.0104. The third kappa shape index (κ3) is 7.10. The number of carbonyl (C=O) groups is 1. The number of hydrogen-bond acceptors (Lipinski definition) is 8. The Morgan fingerprint density at radius 2 is 1.65 bits per heavy atom. The van der Waals surface area contributed by atoms with Gasteiger partial charge in [0.1, 0.15) is 4.83 Å². The van der Waals surface area contributed by atoms with Crippen molar-refractivity contribution in [2.45, 2.75) is 12.8 Å². The normalized spacial score (nSPS) is 14.4. The van der Waals surface area contributed by atoms with Gasteiger partial charge in [0, 0.05) is 49.7 Å². The van der Waals surface area contributed by atoms with E-state index in [1.807, 2.05) is 26.2 Å². The molecular weight excluding hydrogens is 535 g/mol. The molecule has 1 saturated heterocycles. The average molecular weight is 563 g/mol. The molecule has 1 aromatic carbocycles. The summed E-state index contributed by atoms with van der Waals surface area (Å²) in [6, 6.07) is 13.6. The van der Waals surface area contributed by atoms with Gasteiger partial charge in [-0.1, -0.05) is 35.6 Å². The van der Waals surface area contributed by atoms with E-state index in [1.54, 1.807) is 39.8 Å². The van der Waals surface area contributed by atoms with Crippen LogP contribution in [0, 0.1) is 11.9 Å². The zero-order valence-corrected chi connectivity index (χ0v) is 23.0. The fourth-order valence-corrected chi connectivity index (χ4v) is 6.33. The van der Waals surface area contributed by atoms with E-state index < -0.39 is 16.1 Å². The van der Waals surface area contributed by atoms with E-state index in [2.05, 4.69) is 28.1 Å². The number of benzene rings is 1. The maximum Gasteiger partial charge on any atom is 0.261 e. The number of rotatable bonds is 4. The van der Waals surface area contributed by atoms with Crippen LogP contribution in [0.3, 0.4) is 0 Å². The number of piperidine rings is 1. The van der Waals surface area contributed by atoms with E-state index in [-0.39, 0.29) is 11.8 Å². The second-order valence-corrected chi connectivity index (χ2v) is 12.5. The van der Waals surface area contributed by atoms with Crippen molar-refractivity contribution >= 4 is 53.4 Å². The third-order valence-corrected chi connectivity index (χ3v) is 8.13. The Morgan fingerprint density at radius 1 is 1.05 bits per heavy atom. The molecule has 5 rings (SSSR count). The molecule has 0 bridgehead atoms. The molecule has 12 heteroatoms. The summed E-state index contributed by atoms with van der Waals surface area (Å²) in [5.41, 5.74) is 3.05. The number of amides is 1. The van der Waals surface area contributed by atoms with Gasteiger partial charge in [-0.2, -0.15) is 12.8 Å². The highest BCUT2D eigenvalue weighted by molar-refractivity contribution is 7.85. The Bertz CT molecular complexity index is 1440. The Labute approximate surface area is 223 Å². The summed E-state index contributed by atoms with van der Waals surface area (Å²) in [4.78, 5) is 27.1. The lowest BCUT2D eigenvalue weighted by Gasteiger charge is -2.32. The van der Waals surface area contributed by atoms with Crippen molar-refractivity contribution in [3.63, 3.8) is 0 Å². The van der Waals surface area contributed by atoms with Crippen LogP contribution in [0.4, 0.5) is 9.52 Å². The maximum absolute atomic E-state index is 13.1. The Hall–Kier alpha value is -2.93. The van der Waals surface area contributed by atoms with E-state index in [4.69, 9.17) is 9.54 Å². The van der Waals surface area contributed by atoms with Gasteiger partial charge in [0.15, 0.2) is 5.13 Å². The summed E-state index contributed by atoms with van der Waals surface area (Å²) in [5.74, 6) is -0.110. The molecular formula is C25H27FN4O4S3. The highest BCUT2D eigenvalue weighted by Crippen LogP contribution is 2.40. The van der Waals surface area contributed by atoms with E-state index in [9.17, 15) is 17.6 Å². The molecule has 0 unspecified atom stereocenters. The highest BCUT2D eigenvalue weighted by atomic mass is 32.2. The van der Waals surface area contributed by atoms with Crippen LogP contribution in [0.25, 0.3) is 31.1 Å². The van der Waals surface area contributed by atoms with E-state index in [1.165, 1.54) is 15.6 Å². The van der Waals surface area contributed by atoms with E-state index >= 15 is 0 Å². The molecule has 8 nitrogen and oxygen atoms in total. The molecule has 1 fully saturated rings. The lowest BCUT2D eigenvalue weighted by Crippen LogP contribution is -2.40. The fraction of sp³-hybridized carbons (Fsp3) is 0.320. The van der Waals surface area contributed by atoms with Crippen LogP contribution < -0.4 is 4.90 Å². The van der Waals surface area contributed by atoms with Gasteiger partial charge in [0.2, 0.25) is 11.9 Å². The predicted molar refractivity (Wildman–Crippen MR) is 147 cm³/mol. The summed E-state index contributed by atoms with van der Waals surface area (Å²) in [6.07, 6.45) is 4.03. The number of nitrogens with zero attached hydrogens (tertiary/aromatic N) is 4. The van der Waals surface area contributed by atoms with Crippen molar-refractivity contribution in [3.8, 4) is 21.6 Å². The maximum atomic E-state index is 13.1. The number of aromatic nitrogens is 2. The largest absolute Gasteiger partial charge is 0.349 e. The lowest BCUT2D eigenvalue weighted by molar-refractivity contribution is -0.133. The molecule has 0 saturated carbocycles. The first-order chi connectivity index (χ1) is 17.5. The molecule has 0 spiro atoms. The molecule has 1 aliphatic heterocycles. The minimum absolute atomic E-state index is 0.127. The van der Waals surface area contributed by atoms with Crippen molar-refractivity contribution in [1.29, 1.82) is 0 Å². The summed E-state index contributed by atoms with van der Waals surface area (Å²) < 4.78 is 40.1. The monoisotopic (exact) mass is 562 g/mol. The molecule has 0 atom stereocenters. The molecule has 0 radical (unpaired) electrons. The number of halogens is 1. The Balaban J connectivity index is 0.000000586. The number of thiazole rings is 1. The first kappa shape index (κ1) is 27.1. The Kier molecular flexibility index (Phi) is 8.22. The van der Waals surface area contributed by atoms with Crippen molar-refractivity contribution in [3.05, 3.63) is 54.6 Å². The molecule has 1 aliphatic rings. The summed E-state index contributed by atoms with van der Waals surface area (Å²) >= 11 is 3.42. The molecule has 1 amide bonds. The van der Waals surface area contributed by atoms with Gasteiger partial charge in [-0.15, -0.1) is 11.3 Å². The van der Waals surface area contributed by atoms with Gasteiger partial charge in [-0.25, -0.2) is 9.97 Å². The lowest BCUT2D eigenvalue weighted by atomic mass is 9.96. The number of thiophene rings is 1. The van der Waals surface area contributed by atoms with Gasteiger partial charge in [-0.3, -0.25) is 9.35 Å². The number of pyridine rings is 1. The number of hydrogen-bond donors (Lipinski definition) is 1. The van der Waals surface area contributed by atoms with Crippen molar-refractivity contribution in [2.24, 2.45) is 5.92 Å².